The van der Waals surface area contributed by atoms with Crippen molar-refractivity contribution in [3.63, 3.8) is 0 Å². The molecule has 2 aromatic rings. The van der Waals surface area contributed by atoms with Crippen molar-refractivity contribution in [2.75, 3.05) is 5.73 Å². The van der Waals surface area contributed by atoms with Gasteiger partial charge in [-0.3, -0.25) is 0 Å². The van der Waals surface area contributed by atoms with Crippen molar-refractivity contribution in [3.8, 4) is 0 Å². The van der Waals surface area contributed by atoms with Gasteiger partial charge in [0, 0.05) is 6.72 Å². The number of hydrogen-bond donors (Lipinski definition) is 1. The molecule has 0 unspecified atom stereocenters. The lowest BCUT2D eigenvalue weighted by molar-refractivity contribution is 0.291. The van der Waals surface area contributed by atoms with Crippen molar-refractivity contribution in [2.24, 2.45) is 10.2 Å². The zero-order valence-electron chi connectivity index (χ0n) is 10.5. The van der Waals surface area contributed by atoms with Gasteiger partial charge in [0.1, 0.15) is 11.2 Å². The highest BCUT2D eigenvalue weighted by atomic mass is 79.9. The highest BCUT2D eigenvalue weighted by Crippen LogP contribution is 2.14. The first kappa shape index (κ1) is 14.1. The number of anilines is 1. The SMILES string of the molecule is C=N/N=C(\OCc1ccccc1)c1nc(Br)cnc1N. The van der Waals surface area contributed by atoms with Gasteiger partial charge < -0.3 is 10.5 Å². The summed E-state index contributed by atoms with van der Waals surface area (Å²) in [6, 6.07) is 9.66. The van der Waals surface area contributed by atoms with E-state index in [-0.39, 0.29) is 11.7 Å². The van der Waals surface area contributed by atoms with Crippen LogP contribution in [0.25, 0.3) is 0 Å². The van der Waals surface area contributed by atoms with Crippen LogP contribution in [0.1, 0.15) is 11.3 Å². The molecule has 0 bridgehead atoms. The molecule has 102 valence electrons. The van der Waals surface area contributed by atoms with Gasteiger partial charge in [-0.05, 0) is 21.5 Å². The summed E-state index contributed by atoms with van der Waals surface area (Å²) in [6.45, 7) is 3.64. The minimum Gasteiger partial charge on any atom is -0.470 e. The molecule has 7 heteroatoms. The number of nitrogens with two attached hydrogens (primary N) is 1. The van der Waals surface area contributed by atoms with E-state index in [4.69, 9.17) is 10.5 Å². The summed E-state index contributed by atoms with van der Waals surface area (Å²) in [4.78, 5) is 8.17. The van der Waals surface area contributed by atoms with Crippen LogP contribution in [-0.4, -0.2) is 22.6 Å². The Balaban J connectivity index is 2.22. The molecule has 0 saturated carbocycles. The number of halogens is 1. The quantitative estimate of drug-likeness (QED) is 0.528. The summed E-state index contributed by atoms with van der Waals surface area (Å²) in [5, 5.41) is 7.29. The minimum atomic E-state index is 0.176. The molecule has 0 atom stereocenters. The monoisotopic (exact) mass is 333 g/mol. The Morgan fingerprint density at radius 1 is 1.35 bits per heavy atom. The predicted octanol–water partition coefficient (Wildman–Crippen LogP) is 2.40. The molecule has 1 heterocycles. The van der Waals surface area contributed by atoms with Gasteiger partial charge in [-0.15, -0.1) is 5.10 Å². The Bertz CT molecular complexity index is 630. The first-order valence-corrected chi connectivity index (χ1v) is 6.49. The fourth-order valence-electron chi connectivity index (χ4n) is 1.47. The molecular formula is C13H12BrN5O. The molecule has 0 aliphatic heterocycles. The molecule has 0 saturated heterocycles. The smallest absolute Gasteiger partial charge is 0.263 e. The average Bonchev–Trinajstić information content (AvgIpc) is 2.47. The van der Waals surface area contributed by atoms with Crippen molar-refractivity contribution in [1.29, 1.82) is 0 Å². The van der Waals surface area contributed by atoms with Crippen LogP contribution in [0.4, 0.5) is 5.82 Å². The van der Waals surface area contributed by atoms with Crippen molar-refractivity contribution < 1.29 is 4.74 Å². The van der Waals surface area contributed by atoms with Crippen LogP contribution < -0.4 is 5.73 Å². The number of ether oxygens (including phenoxy) is 1. The number of nitrogens with zero attached hydrogens (tertiary/aromatic N) is 4. The normalized spacial score (nSPS) is 11.2. The molecule has 0 aliphatic rings. The van der Waals surface area contributed by atoms with Crippen LogP contribution in [-0.2, 0) is 11.3 Å². The van der Waals surface area contributed by atoms with Gasteiger partial charge in [0.05, 0.1) is 6.20 Å². The summed E-state index contributed by atoms with van der Waals surface area (Å²) < 4.78 is 6.13. The third-order valence-electron chi connectivity index (χ3n) is 2.35. The van der Waals surface area contributed by atoms with Crippen LogP contribution in [0.3, 0.4) is 0 Å². The minimum absolute atomic E-state index is 0.176. The van der Waals surface area contributed by atoms with E-state index in [1.54, 1.807) is 0 Å². The van der Waals surface area contributed by atoms with E-state index in [2.05, 4.69) is 42.8 Å². The standard InChI is InChI=1S/C13H12BrN5O/c1-16-19-13(11-12(15)17-7-10(14)18-11)20-8-9-5-3-2-4-6-9/h2-7H,1,8H2,(H2,15,17)/b19-13-. The van der Waals surface area contributed by atoms with Crippen LogP contribution in [0, 0.1) is 0 Å². The molecule has 0 amide bonds. The maximum absolute atomic E-state index is 5.77. The van der Waals surface area contributed by atoms with Crippen LogP contribution in [0.2, 0.25) is 0 Å². The van der Waals surface area contributed by atoms with Gasteiger partial charge in [-0.25, -0.2) is 9.97 Å². The highest BCUT2D eigenvalue weighted by Gasteiger charge is 2.13. The van der Waals surface area contributed by atoms with Crippen molar-refractivity contribution in [1.82, 2.24) is 9.97 Å². The van der Waals surface area contributed by atoms with Gasteiger partial charge in [-0.1, -0.05) is 30.3 Å². The molecule has 0 fully saturated rings. The molecule has 1 aromatic carbocycles. The number of hydrogen-bond acceptors (Lipinski definition) is 6. The van der Waals surface area contributed by atoms with E-state index in [1.807, 2.05) is 30.3 Å². The van der Waals surface area contributed by atoms with Crippen molar-refractivity contribution in [2.45, 2.75) is 6.61 Å². The molecule has 0 aliphatic carbocycles. The second-order valence-corrected chi connectivity index (χ2v) is 4.56. The topological polar surface area (TPSA) is 85.8 Å². The molecular weight excluding hydrogens is 322 g/mol. The fraction of sp³-hybridized carbons (Fsp3) is 0.0769. The zero-order chi connectivity index (χ0) is 14.4. The molecule has 0 spiro atoms. The lowest BCUT2D eigenvalue weighted by atomic mass is 10.2. The predicted molar refractivity (Wildman–Crippen MR) is 81.5 cm³/mol. The fourth-order valence-corrected chi connectivity index (χ4v) is 1.75. The molecule has 0 radical (unpaired) electrons. The number of benzene rings is 1. The van der Waals surface area contributed by atoms with E-state index in [0.717, 1.165) is 5.56 Å². The number of aromatic nitrogens is 2. The first-order chi connectivity index (χ1) is 9.70. The largest absolute Gasteiger partial charge is 0.470 e. The highest BCUT2D eigenvalue weighted by molar-refractivity contribution is 9.10. The zero-order valence-corrected chi connectivity index (χ0v) is 12.1. The average molecular weight is 334 g/mol. The van der Waals surface area contributed by atoms with Crippen LogP contribution in [0.15, 0.2) is 51.3 Å². The Labute approximate surface area is 124 Å². The molecule has 2 rings (SSSR count). The summed E-state index contributed by atoms with van der Waals surface area (Å²) in [6.07, 6.45) is 1.50. The molecule has 2 N–H and O–H groups in total. The summed E-state index contributed by atoms with van der Waals surface area (Å²) in [7, 11) is 0. The van der Waals surface area contributed by atoms with E-state index in [9.17, 15) is 0 Å². The van der Waals surface area contributed by atoms with E-state index in [0.29, 0.717) is 16.9 Å². The van der Waals surface area contributed by atoms with Crippen molar-refractivity contribution >= 4 is 34.4 Å². The van der Waals surface area contributed by atoms with E-state index in [1.165, 1.54) is 6.20 Å². The number of nitrogen functional groups attached to an aromatic ring is 1. The van der Waals surface area contributed by atoms with Gasteiger partial charge in [0.15, 0.2) is 11.5 Å². The second kappa shape index (κ2) is 6.76. The van der Waals surface area contributed by atoms with Crippen LogP contribution >= 0.6 is 15.9 Å². The van der Waals surface area contributed by atoms with E-state index < -0.39 is 0 Å². The van der Waals surface area contributed by atoms with Crippen molar-refractivity contribution in [3.05, 3.63) is 52.4 Å². The maximum Gasteiger partial charge on any atom is 0.263 e. The third kappa shape index (κ3) is 3.61. The summed E-state index contributed by atoms with van der Waals surface area (Å²) >= 11 is 3.23. The Kier molecular flexibility index (Phi) is 4.78. The lowest BCUT2D eigenvalue weighted by Gasteiger charge is -2.09. The Morgan fingerprint density at radius 2 is 2.10 bits per heavy atom. The summed E-state index contributed by atoms with van der Waals surface area (Å²) in [5.41, 5.74) is 7.09. The lowest BCUT2D eigenvalue weighted by Crippen LogP contribution is -2.13. The Hall–Kier alpha value is -2.28. The van der Waals surface area contributed by atoms with Crippen LogP contribution in [0.5, 0.6) is 0 Å². The van der Waals surface area contributed by atoms with Gasteiger partial charge in [-0.2, -0.15) is 5.10 Å². The van der Waals surface area contributed by atoms with Gasteiger partial charge in [0.25, 0.3) is 5.90 Å². The maximum atomic E-state index is 5.77. The third-order valence-corrected chi connectivity index (χ3v) is 2.74. The van der Waals surface area contributed by atoms with Gasteiger partial charge >= 0.3 is 0 Å². The molecule has 6 nitrogen and oxygen atoms in total. The first-order valence-electron chi connectivity index (χ1n) is 5.69. The molecule has 20 heavy (non-hydrogen) atoms. The molecule has 1 aromatic heterocycles. The summed E-state index contributed by atoms with van der Waals surface area (Å²) in [5.74, 6) is 0.388. The number of rotatable bonds is 4. The second-order valence-electron chi connectivity index (χ2n) is 3.75. The van der Waals surface area contributed by atoms with E-state index >= 15 is 0 Å². The van der Waals surface area contributed by atoms with Gasteiger partial charge in [0.2, 0.25) is 0 Å². The Morgan fingerprint density at radius 3 is 2.80 bits per heavy atom.